The zero-order valence-corrected chi connectivity index (χ0v) is 14.8. The third-order valence-corrected chi connectivity index (χ3v) is 3.98. The first-order valence-corrected chi connectivity index (χ1v) is 8.83. The van der Waals surface area contributed by atoms with Crippen LogP contribution < -0.4 is 10.1 Å². The maximum absolute atomic E-state index is 10.4. The van der Waals surface area contributed by atoms with Crippen LogP contribution in [-0.4, -0.2) is 30.8 Å². The minimum absolute atomic E-state index is 0.171. The minimum Gasteiger partial charge on any atom is -0.493 e. The summed E-state index contributed by atoms with van der Waals surface area (Å²) in [6, 6.07) is 16.7. The lowest BCUT2D eigenvalue weighted by molar-refractivity contribution is -0.136. The fourth-order valence-electron chi connectivity index (χ4n) is 2.68. The number of ether oxygens (including phenoxy) is 1. The summed E-state index contributed by atoms with van der Waals surface area (Å²) in [6.45, 7) is 4.12. The van der Waals surface area contributed by atoms with Gasteiger partial charge in [-0.25, -0.2) is 0 Å². The van der Waals surface area contributed by atoms with Crippen molar-refractivity contribution in [2.75, 3.05) is 19.7 Å². The second-order valence-electron chi connectivity index (χ2n) is 6.23. The zero-order valence-electron chi connectivity index (χ0n) is 14.8. The van der Waals surface area contributed by atoms with Gasteiger partial charge in [0.25, 0.3) is 0 Å². The number of carbonyl (C=O) groups is 1. The summed E-state index contributed by atoms with van der Waals surface area (Å²) < 4.78 is 5.88. The predicted octanol–water partition coefficient (Wildman–Crippen LogP) is 3.61. The van der Waals surface area contributed by atoms with E-state index in [1.165, 1.54) is 16.7 Å². The first kappa shape index (κ1) is 19.0. The Balaban J connectivity index is 1.68. The first-order chi connectivity index (χ1) is 12.1. The number of hydrogen-bond donors (Lipinski definition) is 2. The van der Waals surface area contributed by atoms with E-state index in [1.807, 2.05) is 12.1 Å². The molecule has 0 saturated carbocycles. The number of benzene rings is 2. The molecule has 2 N–H and O–H groups in total. The van der Waals surface area contributed by atoms with Gasteiger partial charge in [-0.3, -0.25) is 4.79 Å². The number of rotatable bonds is 11. The molecule has 0 saturated heterocycles. The molecule has 0 amide bonds. The fraction of sp³-hybridized carbons (Fsp3) is 0.381. The topological polar surface area (TPSA) is 58.6 Å². The second kappa shape index (κ2) is 10.5. The zero-order chi connectivity index (χ0) is 17.9. The molecule has 2 aromatic rings. The highest BCUT2D eigenvalue weighted by Gasteiger charge is 2.00. The average Bonchev–Trinajstić information content (AvgIpc) is 2.58. The van der Waals surface area contributed by atoms with E-state index in [0.29, 0.717) is 13.2 Å². The summed E-state index contributed by atoms with van der Waals surface area (Å²) in [5.74, 6) is 0.145. The second-order valence-corrected chi connectivity index (χ2v) is 6.23. The van der Waals surface area contributed by atoms with Crippen LogP contribution in [-0.2, 0) is 17.6 Å². The van der Waals surface area contributed by atoms with Crippen LogP contribution in [0.4, 0.5) is 0 Å². The highest BCUT2D eigenvalue weighted by atomic mass is 16.5. The molecule has 134 valence electrons. The van der Waals surface area contributed by atoms with E-state index in [0.717, 1.165) is 31.6 Å². The Labute approximate surface area is 149 Å². The van der Waals surface area contributed by atoms with E-state index in [1.54, 1.807) is 0 Å². The molecule has 0 aliphatic carbocycles. The summed E-state index contributed by atoms with van der Waals surface area (Å²) in [5.41, 5.74) is 3.81. The van der Waals surface area contributed by atoms with Gasteiger partial charge in [-0.2, -0.15) is 0 Å². The van der Waals surface area contributed by atoms with E-state index in [4.69, 9.17) is 9.84 Å². The summed E-state index contributed by atoms with van der Waals surface area (Å²) in [7, 11) is 0. The molecule has 25 heavy (non-hydrogen) atoms. The van der Waals surface area contributed by atoms with Crippen molar-refractivity contribution in [1.82, 2.24) is 5.32 Å². The van der Waals surface area contributed by atoms with Gasteiger partial charge in [-0.05, 0) is 49.6 Å². The molecule has 2 rings (SSSR count). The quantitative estimate of drug-likeness (QED) is 0.613. The Morgan fingerprint density at radius 1 is 1.04 bits per heavy atom. The molecule has 4 nitrogen and oxygen atoms in total. The van der Waals surface area contributed by atoms with Gasteiger partial charge in [0.05, 0.1) is 13.0 Å². The maximum atomic E-state index is 10.4. The third-order valence-electron chi connectivity index (χ3n) is 3.98. The summed E-state index contributed by atoms with van der Waals surface area (Å²) in [4.78, 5) is 10.4. The highest BCUT2D eigenvalue weighted by molar-refractivity contribution is 5.66. The van der Waals surface area contributed by atoms with Crippen molar-refractivity contribution >= 4 is 5.97 Å². The number of carboxylic acid groups (broad SMARTS) is 1. The van der Waals surface area contributed by atoms with E-state index in [2.05, 4.69) is 48.6 Å². The van der Waals surface area contributed by atoms with E-state index in [-0.39, 0.29) is 6.42 Å². The number of nitrogens with one attached hydrogen (secondary N) is 1. The van der Waals surface area contributed by atoms with Gasteiger partial charge in [0, 0.05) is 13.0 Å². The molecule has 0 aliphatic heterocycles. The van der Waals surface area contributed by atoms with Crippen molar-refractivity contribution in [1.29, 1.82) is 0 Å². The van der Waals surface area contributed by atoms with Gasteiger partial charge in [0.1, 0.15) is 5.75 Å². The molecular formula is C21H27NO3. The Bertz CT molecular complexity index is 670. The standard InChI is InChI=1S/C21H27NO3/c1-17-5-2-6-19(15-17)11-14-25-20-9-3-7-18(16-20)8-4-12-22-13-10-21(23)24/h2-3,5-7,9,15-16,22H,4,8,10-14H2,1H3,(H,23,24). The maximum Gasteiger partial charge on any atom is 0.304 e. The number of aliphatic carboxylic acids is 1. The molecular weight excluding hydrogens is 314 g/mol. The fourth-order valence-corrected chi connectivity index (χ4v) is 2.68. The van der Waals surface area contributed by atoms with Crippen molar-refractivity contribution in [3.8, 4) is 5.75 Å². The molecule has 0 bridgehead atoms. The highest BCUT2D eigenvalue weighted by Crippen LogP contribution is 2.15. The van der Waals surface area contributed by atoms with E-state index in [9.17, 15) is 4.79 Å². The van der Waals surface area contributed by atoms with Crippen LogP contribution in [0.3, 0.4) is 0 Å². The lowest BCUT2D eigenvalue weighted by Gasteiger charge is -2.09. The molecule has 2 aromatic carbocycles. The predicted molar refractivity (Wildman–Crippen MR) is 100 cm³/mol. The Hall–Kier alpha value is -2.33. The summed E-state index contributed by atoms with van der Waals surface area (Å²) in [6.07, 6.45) is 3.01. The van der Waals surface area contributed by atoms with Crippen LogP contribution in [0.25, 0.3) is 0 Å². The number of hydrogen-bond acceptors (Lipinski definition) is 3. The van der Waals surface area contributed by atoms with Crippen molar-refractivity contribution in [2.24, 2.45) is 0 Å². The molecule has 0 fully saturated rings. The van der Waals surface area contributed by atoms with Gasteiger partial charge in [-0.15, -0.1) is 0 Å². The van der Waals surface area contributed by atoms with Crippen molar-refractivity contribution in [3.05, 3.63) is 65.2 Å². The van der Waals surface area contributed by atoms with Gasteiger partial charge in [0.15, 0.2) is 0 Å². The lowest BCUT2D eigenvalue weighted by Crippen LogP contribution is -2.19. The SMILES string of the molecule is Cc1cccc(CCOc2cccc(CCCNCCC(=O)O)c2)c1. The van der Waals surface area contributed by atoms with Crippen LogP contribution in [0.15, 0.2) is 48.5 Å². The third kappa shape index (κ3) is 7.86. The number of aryl methyl sites for hydroxylation is 2. The molecule has 0 spiro atoms. The Morgan fingerprint density at radius 3 is 2.56 bits per heavy atom. The largest absolute Gasteiger partial charge is 0.493 e. The van der Waals surface area contributed by atoms with E-state index >= 15 is 0 Å². The summed E-state index contributed by atoms with van der Waals surface area (Å²) in [5, 5.41) is 11.7. The molecule has 0 heterocycles. The van der Waals surface area contributed by atoms with Gasteiger partial charge < -0.3 is 15.2 Å². The van der Waals surface area contributed by atoms with Gasteiger partial charge in [-0.1, -0.05) is 42.0 Å². The van der Waals surface area contributed by atoms with Crippen molar-refractivity contribution in [2.45, 2.75) is 32.6 Å². The summed E-state index contributed by atoms with van der Waals surface area (Å²) >= 11 is 0. The normalized spacial score (nSPS) is 10.6. The van der Waals surface area contributed by atoms with Crippen LogP contribution in [0, 0.1) is 6.92 Å². The van der Waals surface area contributed by atoms with Crippen LogP contribution in [0.5, 0.6) is 5.75 Å². The Morgan fingerprint density at radius 2 is 1.80 bits per heavy atom. The van der Waals surface area contributed by atoms with E-state index < -0.39 is 5.97 Å². The van der Waals surface area contributed by atoms with Gasteiger partial charge >= 0.3 is 5.97 Å². The van der Waals surface area contributed by atoms with Gasteiger partial charge in [0.2, 0.25) is 0 Å². The van der Waals surface area contributed by atoms with Crippen LogP contribution in [0.1, 0.15) is 29.5 Å². The molecule has 0 unspecified atom stereocenters. The molecule has 0 atom stereocenters. The van der Waals surface area contributed by atoms with Crippen molar-refractivity contribution in [3.63, 3.8) is 0 Å². The average molecular weight is 341 g/mol. The first-order valence-electron chi connectivity index (χ1n) is 8.83. The smallest absolute Gasteiger partial charge is 0.304 e. The minimum atomic E-state index is -0.761. The molecule has 0 radical (unpaired) electrons. The van der Waals surface area contributed by atoms with Crippen molar-refractivity contribution < 1.29 is 14.6 Å². The molecule has 0 aliphatic rings. The van der Waals surface area contributed by atoms with Crippen LogP contribution >= 0.6 is 0 Å². The van der Waals surface area contributed by atoms with Crippen LogP contribution in [0.2, 0.25) is 0 Å². The molecule has 0 aromatic heterocycles. The number of carboxylic acids is 1. The Kier molecular flexibility index (Phi) is 7.99. The monoisotopic (exact) mass is 341 g/mol. The molecule has 4 heteroatoms. The lowest BCUT2D eigenvalue weighted by atomic mass is 10.1.